The van der Waals surface area contributed by atoms with E-state index in [4.69, 9.17) is 17.3 Å². The van der Waals surface area contributed by atoms with Gasteiger partial charge in [0, 0.05) is 33.3 Å². The molecule has 0 aliphatic rings. The quantitative estimate of drug-likeness (QED) is 0.745. The summed E-state index contributed by atoms with van der Waals surface area (Å²) in [5.74, 6) is 0.422. The molecule has 1 aromatic carbocycles. The first-order chi connectivity index (χ1) is 5.61. The van der Waals surface area contributed by atoms with Crippen LogP contribution in [0.1, 0.15) is 5.56 Å². The van der Waals surface area contributed by atoms with Crippen LogP contribution in [-0.4, -0.2) is 10.5 Å². The Bertz CT molecular complexity index is 294. The number of hydrogen-bond donors (Lipinski definition) is 1. The van der Waals surface area contributed by atoms with Crippen molar-refractivity contribution in [2.24, 2.45) is 0 Å². The molecule has 1 rings (SSSR count). The molecule has 0 saturated carbocycles. The summed E-state index contributed by atoms with van der Waals surface area (Å²) < 4.78 is 10.9. The maximum absolute atomic E-state index is 10.9. The summed E-state index contributed by atoms with van der Waals surface area (Å²) in [6, 6.07) is 5.29. The summed E-state index contributed by atoms with van der Waals surface area (Å²) in [5, 5.41) is 0.588. The molecule has 0 heterocycles. The van der Waals surface area contributed by atoms with Gasteiger partial charge in [0.2, 0.25) is 0 Å². The molecule has 1 atom stereocenters. The lowest BCUT2D eigenvalue weighted by Crippen LogP contribution is -1.98. The number of benzene rings is 1. The maximum atomic E-state index is 10.9. The predicted molar refractivity (Wildman–Crippen MR) is 53.6 cm³/mol. The van der Waals surface area contributed by atoms with E-state index >= 15 is 0 Å². The molecule has 0 radical (unpaired) electrons. The molecule has 0 aliphatic heterocycles. The van der Waals surface area contributed by atoms with Crippen molar-refractivity contribution in [3.05, 3.63) is 28.8 Å². The van der Waals surface area contributed by atoms with Crippen molar-refractivity contribution in [3.8, 4) is 0 Å². The molecule has 0 aliphatic carbocycles. The Morgan fingerprint density at radius 1 is 1.58 bits per heavy atom. The van der Waals surface area contributed by atoms with E-state index in [9.17, 15) is 4.21 Å². The average molecular weight is 204 g/mol. The second kappa shape index (κ2) is 3.92. The molecule has 2 N–H and O–H groups in total. The molecule has 0 aromatic heterocycles. The SMILES string of the molecule is CS(=O)Cc1c(N)cccc1Cl. The summed E-state index contributed by atoms with van der Waals surface area (Å²) in [6.45, 7) is 0. The highest BCUT2D eigenvalue weighted by molar-refractivity contribution is 7.83. The summed E-state index contributed by atoms with van der Waals surface area (Å²) in [4.78, 5) is 0. The normalized spacial score (nSPS) is 12.8. The van der Waals surface area contributed by atoms with E-state index in [1.165, 1.54) is 0 Å². The fourth-order valence-electron chi connectivity index (χ4n) is 0.931. The van der Waals surface area contributed by atoms with Gasteiger partial charge < -0.3 is 5.73 Å². The lowest BCUT2D eigenvalue weighted by Gasteiger charge is -2.04. The van der Waals surface area contributed by atoms with Crippen molar-refractivity contribution >= 4 is 28.1 Å². The first-order valence-electron chi connectivity index (χ1n) is 3.44. The fraction of sp³-hybridized carbons (Fsp3) is 0.250. The van der Waals surface area contributed by atoms with Gasteiger partial charge in [-0.2, -0.15) is 0 Å². The molecule has 0 bridgehead atoms. The zero-order chi connectivity index (χ0) is 9.14. The van der Waals surface area contributed by atoms with Gasteiger partial charge in [-0.3, -0.25) is 4.21 Å². The Morgan fingerprint density at radius 2 is 2.25 bits per heavy atom. The standard InChI is InChI=1S/C8H10ClNOS/c1-12(11)5-6-7(9)3-2-4-8(6)10/h2-4H,5,10H2,1H3. The van der Waals surface area contributed by atoms with Gasteiger partial charge in [0.25, 0.3) is 0 Å². The Morgan fingerprint density at radius 3 is 2.75 bits per heavy atom. The van der Waals surface area contributed by atoms with Crippen molar-refractivity contribution in [3.63, 3.8) is 0 Å². The molecule has 12 heavy (non-hydrogen) atoms. The van der Waals surface area contributed by atoms with Crippen molar-refractivity contribution in [1.29, 1.82) is 0 Å². The maximum Gasteiger partial charge on any atom is 0.0517 e. The molecule has 1 aromatic rings. The number of halogens is 1. The summed E-state index contributed by atoms with van der Waals surface area (Å²) in [5.41, 5.74) is 7.04. The van der Waals surface area contributed by atoms with Gasteiger partial charge in [-0.25, -0.2) is 0 Å². The molecular formula is C8H10ClNOS. The highest BCUT2D eigenvalue weighted by atomic mass is 35.5. The first kappa shape index (κ1) is 9.55. The summed E-state index contributed by atoms with van der Waals surface area (Å²) in [7, 11) is -0.902. The molecule has 2 nitrogen and oxygen atoms in total. The van der Waals surface area contributed by atoms with Crippen LogP contribution >= 0.6 is 11.6 Å². The van der Waals surface area contributed by atoms with Crippen LogP contribution in [0.2, 0.25) is 5.02 Å². The van der Waals surface area contributed by atoms with Crippen LogP contribution in [0.15, 0.2) is 18.2 Å². The Balaban J connectivity index is 3.04. The highest BCUT2D eigenvalue weighted by Gasteiger charge is 2.05. The van der Waals surface area contributed by atoms with Crippen LogP contribution in [0.5, 0.6) is 0 Å². The average Bonchev–Trinajstić information content (AvgIpc) is 1.97. The molecule has 66 valence electrons. The van der Waals surface area contributed by atoms with E-state index in [2.05, 4.69) is 0 Å². The Kier molecular flexibility index (Phi) is 3.12. The van der Waals surface area contributed by atoms with Crippen LogP contribution in [0.25, 0.3) is 0 Å². The van der Waals surface area contributed by atoms with Gasteiger partial charge in [0.05, 0.1) is 5.75 Å². The predicted octanol–water partition coefficient (Wildman–Crippen LogP) is 1.80. The van der Waals surface area contributed by atoms with Crippen molar-refractivity contribution in [1.82, 2.24) is 0 Å². The van der Waals surface area contributed by atoms with Gasteiger partial charge in [0.15, 0.2) is 0 Å². The summed E-state index contributed by atoms with van der Waals surface area (Å²) in [6.07, 6.45) is 1.63. The van der Waals surface area contributed by atoms with Crippen LogP contribution in [0, 0.1) is 0 Å². The molecule has 0 saturated heterocycles. The van der Waals surface area contributed by atoms with Crippen molar-refractivity contribution < 1.29 is 4.21 Å². The number of nitrogen functional groups attached to an aromatic ring is 1. The van der Waals surface area contributed by atoms with Crippen LogP contribution in [-0.2, 0) is 16.6 Å². The van der Waals surface area contributed by atoms with E-state index in [1.807, 2.05) is 0 Å². The highest BCUT2D eigenvalue weighted by Crippen LogP contribution is 2.22. The smallest absolute Gasteiger partial charge is 0.0517 e. The first-order valence-corrected chi connectivity index (χ1v) is 5.54. The molecule has 1 unspecified atom stereocenters. The van der Waals surface area contributed by atoms with Crippen LogP contribution in [0.3, 0.4) is 0 Å². The van der Waals surface area contributed by atoms with Crippen LogP contribution in [0.4, 0.5) is 5.69 Å². The minimum atomic E-state index is -0.902. The Hall–Kier alpha value is -0.540. The van der Waals surface area contributed by atoms with E-state index < -0.39 is 10.8 Å². The van der Waals surface area contributed by atoms with E-state index in [1.54, 1.807) is 24.5 Å². The monoisotopic (exact) mass is 203 g/mol. The van der Waals surface area contributed by atoms with E-state index in [0.717, 1.165) is 5.56 Å². The molecule has 0 amide bonds. The zero-order valence-corrected chi connectivity index (χ0v) is 8.28. The fourth-order valence-corrected chi connectivity index (χ4v) is 1.99. The van der Waals surface area contributed by atoms with Gasteiger partial charge in [-0.05, 0) is 12.1 Å². The number of hydrogen-bond acceptors (Lipinski definition) is 2. The van der Waals surface area contributed by atoms with Gasteiger partial charge >= 0.3 is 0 Å². The zero-order valence-electron chi connectivity index (χ0n) is 6.71. The molecule has 0 fully saturated rings. The third-order valence-corrected chi connectivity index (χ3v) is 2.55. The van der Waals surface area contributed by atoms with Crippen molar-refractivity contribution in [2.75, 3.05) is 12.0 Å². The van der Waals surface area contributed by atoms with Gasteiger partial charge in [0.1, 0.15) is 0 Å². The summed E-state index contributed by atoms with van der Waals surface area (Å²) >= 11 is 5.86. The third-order valence-electron chi connectivity index (χ3n) is 1.50. The number of rotatable bonds is 2. The second-order valence-electron chi connectivity index (χ2n) is 2.53. The third kappa shape index (κ3) is 2.22. The van der Waals surface area contributed by atoms with Crippen molar-refractivity contribution in [2.45, 2.75) is 5.75 Å². The number of anilines is 1. The van der Waals surface area contributed by atoms with E-state index in [0.29, 0.717) is 16.5 Å². The largest absolute Gasteiger partial charge is 0.398 e. The molecular weight excluding hydrogens is 194 g/mol. The van der Waals surface area contributed by atoms with E-state index in [-0.39, 0.29) is 0 Å². The lowest BCUT2D eigenvalue weighted by atomic mass is 10.2. The van der Waals surface area contributed by atoms with Crippen LogP contribution < -0.4 is 5.73 Å². The topological polar surface area (TPSA) is 43.1 Å². The second-order valence-corrected chi connectivity index (χ2v) is 4.37. The Labute approximate surface area is 79.2 Å². The minimum absolute atomic E-state index is 0.422. The lowest BCUT2D eigenvalue weighted by molar-refractivity contribution is 0.686. The van der Waals surface area contributed by atoms with Gasteiger partial charge in [-0.1, -0.05) is 17.7 Å². The minimum Gasteiger partial charge on any atom is -0.398 e. The molecule has 0 spiro atoms. The molecule has 4 heteroatoms. The van der Waals surface area contributed by atoms with Gasteiger partial charge in [-0.15, -0.1) is 0 Å². The number of nitrogens with two attached hydrogens (primary N) is 1.